The lowest BCUT2D eigenvalue weighted by Gasteiger charge is -2.14. The van der Waals surface area contributed by atoms with E-state index in [1.807, 2.05) is 26.1 Å². The van der Waals surface area contributed by atoms with E-state index in [4.69, 9.17) is 39.5 Å². The highest BCUT2D eigenvalue weighted by Gasteiger charge is 2.18. The number of anilines is 1. The summed E-state index contributed by atoms with van der Waals surface area (Å²) in [7, 11) is 1.82. The number of hydrogen-bond donors (Lipinski definition) is 1. The van der Waals surface area contributed by atoms with Crippen LogP contribution < -0.4 is 10.1 Å². The van der Waals surface area contributed by atoms with Crippen LogP contribution in [0.5, 0.6) is 5.75 Å². The number of carbonyl (C=O) groups excluding carboxylic acids is 1. The number of aromatic nitrogens is 3. The van der Waals surface area contributed by atoms with Crippen LogP contribution in [0.25, 0.3) is 0 Å². The number of thioether (sulfide) groups is 1. The lowest BCUT2D eigenvalue weighted by Crippen LogP contribution is -2.15. The summed E-state index contributed by atoms with van der Waals surface area (Å²) >= 11 is 19.2. The Bertz CT molecular complexity index is 1030. The maximum atomic E-state index is 12.2. The molecule has 6 nitrogen and oxygen atoms in total. The molecule has 0 radical (unpaired) electrons. The van der Waals surface area contributed by atoms with Gasteiger partial charge in [0.25, 0.3) is 0 Å². The number of benzene rings is 2. The van der Waals surface area contributed by atoms with Crippen LogP contribution in [-0.2, 0) is 11.8 Å². The van der Waals surface area contributed by atoms with E-state index in [-0.39, 0.29) is 17.8 Å². The molecular weight excluding hydrogens is 455 g/mol. The van der Waals surface area contributed by atoms with Crippen LogP contribution in [-0.4, -0.2) is 26.4 Å². The molecule has 3 rings (SSSR count). The highest BCUT2D eigenvalue weighted by Crippen LogP contribution is 2.27. The van der Waals surface area contributed by atoms with Crippen LogP contribution in [0.4, 0.5) is 5.69 Å². The molecule has 0 fully saturated rings. The highest BCUT2D eigenvalue weighted by molar-refractivity contribution is 7.99. The number of amides is 1. The van der Waals surface area contributed by atoms with Gasteiger partial charge in [-0.05, 0) is 43.3 Å². The molecule has 2 aromatic carbocycles. The summed E-state index contributed by atoms with van der Waals surface area (Å²) in [6.07, 6.45) is -0.345. The minimum Gasteiger partial charge on any atom is -0.483 e. The molecule has 0 bridgehead atoms. The predicted octanol–water partition coefficient (Wildman–Crippen LogP) is 5.65. The number of rotatable bonds is 7. The molecule has 152 valence electrons. The number of hydrogen-bond acceptors (Lipinski definition) is 5. The Morgan fingerprint density at radius 1 is 1.17 bits per heavy atom. The summed E-state index contributed by atoms with van der Waals surface area (Å²) < 4.78 is 7.68. The summed E-state index contributed by atoms with van der Waals surface area (Å²) in [5, 5.41) is 13.2. The van der Waals surface area contributed by atoms with Gasteiger partial charge in [-0.3, -0.25) is 4.79 Å². The maximum absolute atomic E-state index is 12.2. The molecule has 1 unspecified atom stereocenters. The highest BCUT2D eigenvalue weighted by atomic mass is 35.5. The van der Waals surface area contributed by atoms with Crippen LogP contribution in [0.15, 0.2) is 47.6 Å². The SMILES string of the molecule is CC(Oc1cccc(Cl)c1)c1nnc(SCC(=O)Nc2ccc(Cl)cc2Cl)n1C. The van der Waals surface area contributed by atoms with Crippen molar-refractivity contribution >= 4 is 58.2 Å². The molecule has 0 spiro atoms. The van der Waals surface area contributed by atoms with E-state index < -0.39 is 0 Å². The second kappa shape index (κ2) is 9.71. The molecule has 0 aliphatic rings. The molecule has 10 heteroatoms. The van der Waals surface area contributed by atoms with Gasteiger partial charge in [-0.1, -0.05) is 52.6 Å². The summed E-state index contributed by atoms with van der Waals surface area (Å²) in [6.45, 7) is 1.87. The van der Waals surface area contributed by atoms with Crippen molar-refractivity contribution < 1.29 is 9.53 Å². The van der Waals surface area contributed by atoms with Crippen LogP contribution in [0.2, 0.25) is 15.1 Å². The summed E-state index contributed by atoms with van der Waals surface area (Å²) in [4.78, 5) is 12.2. The van der Waals surface area contributed by atoms with Crippen molar-refractivity contribution in [2.75, 3.05) is 11.1 Å². The molecule has 1 amide bonds. The van der Waals surface area contributed by atoms with Gasteiger partial charge in [0.1, 0.15) is 5.75 Å². The Morgan fingerprint density at radius 3 is 2.66 bits per heavy atom. The molecule has 0 aliphatic carbocycles. The van der Waals surface area contributed by atoms with Crippen molar-refractivity contribution in [1.29, 1.82) is 0 Å². The predicted molar refractivity (Wildman–Crippen MR) is 117 cm³/mol. The average Bonchev–Trinajstić information content (AvgIpc) is 3.03. The Hall–Kier alpha value is -1.93. The third-order valence-corrected chi connectivity index (χ3v) is 5.68. The second-order valence-corrected chi connectivity index (χ2v) is 8.30. The Labute approximate surface area is 187 Å². The maximum Gasteiger partial charge on any atom is 0.234 e. The largest absolute Gasteiger partial charge is 0.483 e. The van der Waals surface area contributed by atoms with E-state index in [1.54, 1.807) is 34.9 Å². The molecule has 0 saturated heterocycles. The fourth-order valence-electron chi connectivity index (χ4n) is 2.51. The van der Waals surface area contributed by atoms with Gasteiger partial charge in [-0.2, -0.15) is 0 Å². The lowest BCUT2D eigenvalue weighted by atomic mass is 10.3. The van der Waals surface area contributed by atoms with Crippen LogP contribution >= 0.6 is 46.6 Å². The number of carbonyl (C=O) groups is 1. The van der Waals surface area contributed by atoms with Gasteiger partial charge in [-0.25, -0.2) is 0 Å². The van der Waals surface area contributed by atoms with E-state index in [0.29, 0.717) is 37.5 Å². The Morgan fingerprint density at radius 2 is 1.93 bits per heavy atom. The third kappa shape index (κ3) is 5.79. The zero-order chi connectivity index (χ0) is 21.0. The quantitative estimate of drug-likeness (QED) is 0.451. The van der Waals surface area contributed by atoms with Gasteiger partial charge in [0.2, 0.25) is 5.91 Å². The average molecular weight is 472 g/mol. The second-order valence-electron chi connectivity index (χ2n) is 6.08. The molecule has 29 heavy (non-hydrogen) atoms. The monoisotopic (exact) mass is 470 g/mol. The first-order valence-corrected chi connectivity index (χ1v) is 10.6. The van der Waals surface area contributed by atoms with Crippen molar-refractivity contribution in [1.82, 2.24) is 14.8 Å². The van der Waals surface area contributed by atoms with E-state index in [2.05, 4.69) is 15.5 Å². The van der Waals surface area contributed by atoms with Crippen LogP contribution in [0, 0.1) is 0 Å². The number of halogens is 3. The van der Waals surface area contributed by atoms with Crippen molar-refractivity contribution in [3.8, 4) is 5.75 Å². The molecule has 0 saturated carbocycles. The van der Waals surface area contributed by atoms with Gasteiger partial charge < -0.3 is 14.6 Å². The summed E-state index contributed by atoms with van der Waals surface area (Å²) in [5.74, 6) is 1.20. The minimum absolute atomic E-state index is 0.147. The van der Waals surface area contributed by atoms with E-state index >= 15 is 0 Å². The normalized spacial score (nSPS) is 11.9. The van der Waals surface area contributed by atoms with Gasteiger partial charge >= 0.3 is 0 Å². The number of ether oxygens (including phenoxy) is 1. The van der Waals surface area contributed by atoms with E-state index in [0.717, 1.165) is 0 Å². The van der Waals surface area contributed by atoms with Gasteiger partial charge in [0.15, 0.2) is 17.1 Å². The van der Waals surface area contributed by atoms with Gasteiger partial charge in [-0.15, -0.1) is 10.2 Å². The lowest BCUT2D eigenvalue weighted by molar-refractivity contribution is -0.113. The zero-order valence-electron chi connectivity index (χ0n) is 15.5. The molecule has 0 aliphatic heterocycles. The smallest absolute Gasteiger partial charge is 0.234 e. The van der Waals surface area contributed by atoms with Crippen molar-refractivity contribution in [2.24, 2.45) is 7.05 Å². The van der Waals surface area contributed by atoms with Crippen LogP contribution in [0.1, 0.15) is 18.9 Å². The fourth-order valence-corrected chi connectivity index (χ4v) is 3.86. The Balaban J connectivity index is 1.59. The molecule has 1 N–H and O–H groups in total. The van der Waals surface area contributed by atoms with Gasteiger partial charge in [0, 0.05) is 17.1 Å². The summed E-state index contributed by atoms with van der Waals surface area (Å²) in [6, 6.07) is 12.0. The van der Waals surface area contributed by atoms with Crippen molar-refractivity contribution in [3.05, 3.63) is 63.4 Å². The first kappa shape index (κ1) is 21.8. The standard InChI is InChI=1S/C19H17Cl3N4O2S/c1-11(28-14-5-3-4-12(20)8-14)18-24-25-19(26(18)2)29-10-17(27)23-16-7-6-13(21)9-15(16)22/h3-9,11H,10H2,1-2H3,(H,23,27). The van der Waals surface area contributed by atoms with E-state index in [9.17, 15) is 4.79 Å². The topological polar surface area (TPSA) is 69.0 Å². The molecule has 3 aromatic rings. The van der Waals surface area contributed by atoms with E-state index in [1.165, 1.54) is 11.8 Å². The molecule has 1 heterocycles. The first-order chi connectivity index (χ1) is 13.8. The van der Waals surface area contributed by atoms with Gasteiger partial charge in [0.05, 0.1) is 16.5 Å². The van der Waals surface area contributed by atoms with Crippen molar-refractivity contribution in [3.63, 3.8) is 0 Å². The van der Waals surface area contributed by atoms with Crippen LogP contribution in [0.3, 0.4) is 0 Å². The minimum atomic E-state index is -0.345. The molecular formula is C19H17Cl3N4O2S. The molecule has 1 aromatic heterocycles. The zero-order valence-corrected chi connectivity index (χ0v) is 18.6. The fraction of sp³-hybridized carbons (Fsp3) is 0.211. The molecule has 1 atom stereocenters. The number of nitrogens with zero attached hydrogens (tertiary/aromatic N) is 3. The number of nitrogens with one attached hydrogen (secondary N) is 1. The Kier molecular flexibility index (Phi) is 7.29. The first-order valence-electron chi connectivity index (χ1n) is 8.52. The van der Waals surface area contributed by atoms with Crippen molar-refractivity contribution in [2.45, 2.75) is 18.2 Å². The summed E-state index contributed by atoms with van der Waals surface area (Å²) in [5.41, 5.74) is 0.504. The third-order valence-electron chi connectivity index (χ3n) is 3.88.